The zero-order valence-electron chi connectivity index (χ0n) is 10.9. The molecule has 0 saturated heterocycles. The number of nitriles is 1. The van der Waals surface area contributed by atoms with Crippen LogP contribution >= 0.6 is 15.9 Å². The first-order valence-corrected chi connectivity index (χ1v) is 7.20. The van der Waals surface area contributed by atoms with Gasteiger partial charge in [-0.3, -0.25) is 0 Å². The third-order valence-corrected chi connectivity index (χ3v) is 3.75. The Kier molecular flexibility index (Phi) is 4.62. The van der Waals surface area contributed by atoms with E-state index in [4.69, 9.17) is 5.26 Å². The van der Waals surface area contributed by atoms with Crippen LogP contribution in [0.3, 0.4) is 0 Å². The standard InChI is InChI=1S/C15H17BrN2O/c1-11(10-19)8-18-9-12(3-2-6-17)14-5-4-13(16)7-15(14)18/h4-5,7,9,11,19H,2-3,8,10H2,1H3/t11-/m0/s1. The van der Waals surface area contributed by atoms with Gasteiger partial charge in [0.2, 0.25) is 0 Å². The molecule has 2 aromatic rings. The molecule has 0 aliphatic rings. The lowest BCUT2D eigenvalue weighted by Crippen LogP contribution is -2.10. The largest absolute Gasteiger partial charge is 0.396 e. The average molecular weight is 321 g/mol. The highest BCUT2D eigenvalue weighted by atomic mass is 79.9. The van der Waals surface area contributed by atoms with Gasteiger partial charge in [-0.2, -0.15) is 5.26 Å². The first-order chi connectivity index (χ1) is 9.15. The van der Waals surface area contributed by atoms with Gasteiger partial charge in [0, 0.05) is 41.1 Å². The maximum atomic E-state index is 9.21. The molecule has 4 heteroatoms. The second-order valence-corrected chi connectivity index (χ2v) is 5.83. The van der Waals surface area contributed by atoms with Crippen LogP contribution in [0, 0.1) is 17.2 Å². The number of nitrogens with zero attached hydrogens (tertiary/aromatic N) is 2. The molecular formula is C15H17BrN2O. The van der Waals surface area contributed by atoms with Gasteiger partial charge >= 0.3 is 0 Å². The highest BCUT2D eigenvalue weighted by Gasteiger charge is 2.11. The molecule has 0 saturated carbocycles. The highest BCUT2D eigenvalue weighted by molar-refractivity contribution is 9.10. The molecule has 1 aromatic carbocycles. The summed E-state index contributed by atoms with van der Waals surface area (Å²) in [5.41, 5.74) is 2.36. The molecule has 1 atom stereocenters. The Morgan fingerprint density at radius 3 is 2.95 bits per heavy atom. The summed E-state index contributed by atoms with van der Waals surface area (Å²) < 4.78 is 3.22. The summed E-state index contributed by atoms with van der Waals surface area (Å²) in [5, 5.41) is 19.1. The minimum atomic E-state index is 0.182. The molecule has 0 aliphatic heterocycles. The maximum absolute atomic E-state index is 9.21. The normalized spacial score (nSPS) is 12.5. The molecule has 0 aliphatic carbocycles. The van der Waals surface area contributed by atoms with E-state index in [0.29, 0.717) is 6.42 Å². The molecule has 1 N–H and O–H groups in total. The molecule has 19 heavy (non-hydrogen) atoms. The molecule has 0 unspecified atom stereocenters. The summed E-state index contributed by atoms with van der Waals surface area (Å²) in [5.74, 6) is 0.221. The Labute approximate surface area is 121 Å². The molecule has 100 valence electrons. The van der Waals surface area contributed by atoms with E-state index in [2.05, 4.69) is 44.9 Å². The average Bonchev–Trinajstić information content (AvgIpc) is 2.73. The minimum Gasteiger partial charge on any atom is -0.396 e. The zero-order valence-corrected chi connectivity index (χ0v) is 12.5. The summed E-state index contributed by atoms with van der Waals surface area (Å²) in [6.07, 6.45) is 3.42. The van der Waals surface area contributed by atoms with Gasteiger partial charge in [-0.25, -0.2) is 0 Å². The molecule has 0 spiro atoms. The van der Waals surface area contributed by atoms with Crippen molar-refractivity contribution >= 4 is 26.8 Å². The van der Waals surface area contributed by atoms with Gasteiger partial charge < -0.3 is 9.67 Å². The lowest BCUT2D eigenvalue weighted by Gasteiger charge is -2.10. The number of aliphatic hydroxyl groups is 1. The van der Waals surface area contributed by atoms with Gasteiger partial charge in [-0.1, -0.05) is 28.9 Å². The lowest BCUT2D eigenvalue weighted by molar-refractivity contribution is 0.224. The summed E-state index contributed by atoms with van der Waals surface area (Å²) >= 11 is 3.50. The van der Waals surface area contributed by atoms with E-state index in [1.807, 2.05) is 13.0 Å². The number of hydrogen-bond acceptors (Lipinski definition) is 2. The van der Waals surface area contributed by atoms with Crippen molar-refractivity contribution in [2.24, 2.45) is 5.92 Å². The van der Waals surface area contributed by atoms with Crippen molar-refractivity contribution in [1.29, 1.82) is 5.26 Å². The van der Waals surface area contributed by atoms with Crippen LogP contribution in [0.1, 0.15) is 18.9 Å². The Morgan fingerprint density at radius 2 is 2.26 bits per heavy atom. The second kappa shape index (κ2) is 6.23. The van der Waals surface area contributed by atoms with Crippen LogP contribution in [0.4, 0.5) is 0 Å². The number of aryl methyl sites for hydroxylation is 1. The van der Waals surface area contributed by atoms with E-state index in [0.717, 1.165) is 23.0 Å². The number of rotatable bonds is 5. The fourth-order valence-electron chi connectivity index (χ4n) is 2.28. The SMILES string of the molecule is C[C@H](CO)Cn1cc(CCC#N)c2ccc(Br)cc21. The van der Waals surface area contributed by atoms with Crippen LogP contribution in [0.25, 0.3) is 10.9 Å². The van der Waals surface area contributed by atoms with Crippen LogP contribution < -0.4 is 0 Å². The van der Waals surface area contributed by atoms with E-state index in [1.54, 1.807) is 0 Å². The second-order valence-electron chi connectivity index (χ2n) is 4.91. The Morgan fingerprint density at radius 1 is 1.47 bits per heavy atom. The van der Waals surface area contributed by atoms with Crippen molar-refractivity contribution in [3.8, 4) is 6.07 Å². The third-order valence-electron chi connectivity index (χ3n) is 3.25. The molecule has 2 rings (SSSR count). The number of aromatic nitrogens is 1. The summed E-state index contributed by atoms with van der Waals surface area (Å²) in [6, 6.07) is 8.40. The van der Waals surface area contributed by atoms with E-state index < -0.39 is 0 Å². The Bertz CT molecular complexity index is 612. The number of halogens is 1. The third kappa shape index (κ3) is 3.17. The molecule has 1 aromatic heterocycles. The lowest BCUT2D eigenvalue weighted by atomic mass is 10.1. The van der Waals surface area contributed by atoms with Crippen LogP contribution in [-0.2, 0) is 13.0 Å². The number of aliphatic hydroxyl groups excluding tert-OH is 1. The van der Waals surface area contributed by atoms with Gasteiger partial charge in [-0.15, -0.1) is 0 Å². The van der Waals surface area contributed by atoms with Crippen molar-refractivity contribution in [1.82, 2.24) is 4.57 Å². The molecule has 0 fully saturated rings. The first kappa shape index (κ1) is 14.1. The van der Waals surface area contributed by atoms with Gasteiger partial charge in [0.1, 0.15) is 0 Å². The predicted molar refractivity (Wildman–Crippen MR) is 79.8 cm³/mol. The Hall–Kier alpha value is -1.31. The summed E-state index contributed by atoms with van der Waals surface area (Å²) in [4.78, 5) is 0. The van der Waals surface area contributed by atoms with Gasteiger partial charge in [0.15, 0.2) is 0 Å². The molecular weight excluding hydrogens is 304 g/mol. The quantitative estimate of drug-likeness (QED) is 0.916. The molecule has 0 bridgehead atoms. The maximum Gasteiger partial charge on any atom is 0.0625 e. The summed E-state index contributed by atoms with van der Waals surface area (Å²) in [7, 11) is 0. The van der Waals surface area contributed by atoms with Crippen LogP contribution in [0.2, 0.25) is 0 Å². The first-order valence-electron chi connectivity index (χ1n) is 6.40. The van der Waals surface area contributed by atoms with E-state index in [9.17, 15) is 5.11 Å². The van der Waals surface area contributed by atoms with E-state index in [1.165, 1.54) is 10.9 Å². The highest BCUT2D eigenvalue weighted by Crippen LogP contribution is 2.26. The van der Waals surface area contributed by atoms with E-state index in [-0.39, 0.29) is 12.5 Å². The van der Waals surface area contributed by atoms with Gasteiger partial charge in [0.25, 0.3) is 0 Å². The van der Waals surface area contributed by atoms with Crippen LogP contribution in [-0.4, -0.2) is 16.3 Å². The number of hydrogen-bond donors (Lipinski definition) is 1. The number of fused-ring (bicyclic) bond motifs is 1. The van der Waals surface area contributed by atoms with Crippen molar-refractivity contribution in [2.45, 2.75) is 26.3 Å². The van der Waals surface area contributed by atoms with Crippen LogP contribution in [0.5, 0.6) is 0 Å². The number of benzene rings is 1. The Balaban J connectivity index is 2.44. The molecule has 3 nitrogen and oxygen atoms in total. The predicted octanol–water partition coefficient (Wildman–Crippen LogP) is 3.49. The van der Waals surface area contributed by atoms with Crippen molar-refractivity contribution in [3.63, 3.8) is 0 Å². The fraction of sp³-hybridized carbons (Fsp3) is 0.400. The minimum absolute atomic E-state index is 0.182. The molecule has 0 amide bonds. The fourth-order valence-corrected chi connectivity index (χ4v) is 2.62. The smallest absolute Gasteiger partial charge is 0.0625 e. The molecule has 0 radical (unpaired) electrons. The van der Waals surface area contributed by atoms with Crippen molar-refractivity contribution in [3.05, 3.63) is 34.4 Å². The zero-order chi connectivity index (χ0) is 13.8. The van der Waals surface area contributed by atoms with Crippen molar-refractivity contribution < 1.29 is 5.11 Å². The topological polar surface area (TPSA) is 49.0 Å². The summed E-state index contributed by atoms with van der Waals surface area (Å²) in [6.45, 7) is 3.00. The van der Waals surface area contributed by atoms with E-state index >= 15 is 0 Å². The van der Waals surface area contributed by atoms with Gasteiger partial charge in [-0.05, 0) is 30.0 Å². The van der Waals surface area contributed by atoms with Crippen molar-refractivity contribution in [2.75, 3.05) is 6.61 Å². The monoisotopic (exact) mass is 320 g/mol. The van der Waals surface area contributed by atoms with Crippen LogP contribution in [0.15, 0.2) is 28.9 Å². The van der Waals surface area contributed by atoms with Gasteiger partial charge in [0.05, 0.1) is 6.07 Å². The molecule has 1 heterocycles.